The number of furan rings is 1. The number of hydrogen-bond donors (Lipinski definition) is 0. The van der Waals surface area contributed by atoms with Crippen LogP contribution in [0.15, 0.2) is 174 Å². The molecule has 0 aliphatic heterocycles. The van der Waals surface area contributed by atoms with E-state index in [0.29, 0.717) is 11.3 Å². The Kier molecular flexibility index (Phi) is 11.7. The molecule has 10 rings (SSSR count). The number of fused-ring (bicyclic) bond motifs is 4. The standard InChI is InChI=1S/C43H35N2O.C11H7FN.Ir/c1-27(2)36-24-32(30-16-9-6-10-17-30)25-37(28(3)4)41(36)45-39-21-12-11-20-38(39)44-43(45)35-19-13-18-34-33-23-22-31(26-40(33)46-42(34)35)29-14-7-5-8-15-29;12-10-7-4-8-13-11(10)9-5-2-1-3-6-9;/h5-18,20-28H,1-4H3;1-5,7-8H;/q2*-1;. The molecule has 4 nitrogen and oxygen atoms in total. The van der Waals surface area contributed by atoms with Gasteiger partial charge in [-0.3, -0.25) is 4.98 Å². The molecule has 0 spiro atoms. The van der Waals surface area contributed by atoms with Crippen LogP contribution in [0.3, 0.4) is 0 Å². The fourth-order valence-corrected chi connectivity index (χ4v) is 7.88. The average molecular weight is 960 g/mol. The second kappa shape index (κ2) is 17.4. The molecule has 0 aliphatic carbocycles. The maximum absolute atomic E-state index is 13.2. The molecule has 0 saturated heterocycles. The SMILES string of the molecule is CC(C)c1cc(-c2ccccc2)cc(C(C)C)c1-n1c(-c2[c-]ccc3c2oc2cc(-c4ccccc4)ccc23)nc2ccccc21.Fc1cccnc1-c1[c-]cccc1.[Ir]. The Bertz CT molecular complexity index is 3030. The molecule has 0 saturated carbocycles. The molecule has 0 atom stereocenters. The van der Waals surface area contributed by atoms with Crippen LogP contribution in [0, 0.1) is 17.9 Å². The van der Waals surface area contributed by atoms with E-state index in [0.717, 1.165) is 49.9 Å². The maximum Gasteiger partial charge on any atom is 0.121 e. The van der Waals surface area contributed by atoms with Gasteiger partial charge in [-0.1, -0.05) is 124 Å². The molecule has 0 aliphatic rings. The Morgan fingerprint density at radius 2 is 1.27 bits per heavy atom. The van der Waals surface area contributed by atoms with E-state index in [1.165, 1.54) is 39.6 Å². The number of pyridine rings is 1. The summed E-state index contributed by atoms with van der Waals surface area (Å²) in [6.45, 7) is 9.14. The van der Waals surface area contributed by atoms with Crippen LogP contribution in [0.1, 0.15) is 50.7 Å². The number of aromatic nitrogens is 3. The smallest absolute Gasteiger partial charge is 0.121 e. The van der Waals surface area contributed by atoms with Crippen LogP contribution in [0.25, 0.3) is 83.6 Å². The second-order valence-electron chi connectivity index (χ2n) is 15.3. The first-order valence-electron chi connectivity index (χ1n) is 20.1. The summed E-state index contributed by atoms with van der Waals surface area (Å²) in [5, 5.41) is 2.15. The predicted molar refractivity (Wildman–Crippen MR) is 240 cm³/mol. The summed E-state index contributed by atoms with van der Waals surface area (Å²) in [6.07, 6.45) is 1.57. The summed E-state index contributed by atoms with van der Waals surface area (Å²) in [4.78, 5) is 9.24. The molecule has 10 aromatic rings. The van der Waals surface area contributed by atoms with Gasteiger partial charge in [-0.05, 0) is 87.7 Å². The molecule has 0 unspecified atom stereocenters. The third-order valence-electron chi connectivity index (χ3n) is 10.8. The first-order valence-corrected chi connectivity index (χ1v) is 20.1. The van der Waals surface area contributed by atoms with Crippen molar-refractivity contribution in [3.8, 4) is 50.6 Å². The van der Waals surface area contributed by atoms with Crippen molar-refractivity contribution in [3.63, 3.8) is 0 Å². The van der Waals surface area contributed by atoms with Gasteiger partial charge in [0.15, 0.2) is 0 Å². The van der Waals surface area contributed by atoms with Crippen LogP contribution in [0.2, 0.25) is 0 Å². The Hall–Kier alpha value is -6.46. The van der Waals surface area contributed by atoms with Gasteiger partial charge in [-0.2, -0.15) is 0 Å². The van der Waals surface area contributed by atoms with Crippen molar-refractivity contribution in [2.24, 2.45) is 0 Å². The van der Waals surface area contributed by atoms with Crippen molar-refractivity contribution in [2.45, 2.75) is 39.5 Å². The van der Waals surface area contributed by atoms with E-state index in [-0.39, 0.29) is 37.8 Å². The van der Waals surface area contributed by atoms with E-state index >= 15 is 0 Å². The molecule has 7 aromatic carbocycles. The number of halogens is 1. The fourth-order valence-electron chi connectivity index (χ4n) is 7.88. The van der Waals surface area contributed by atoms with Gasteiger partial charge in [0.25, 0.3) is 0 Å². The van der Waals surface area contributed by atoms with Crippen LogP contribution >= 0.6 is 0 Å². The molecule has 6 heteroatoms. The molecule has 0 bridgehead atoms. The Balaban J connectivity index is 0.000000304. The third kappa shape index (κ3) is 7.73. The van der Waals surface area contributed by atoms with Gasteiger partial charge in [0, 0.05) is 43.1 Å². The number of nitrogens with zero attached hydrogens (tertiary/aromatic N) is 3. The maximum atomic E-state index is 13.2. The van der Waals surface area contributed by atoms with Gasteiger partial charge in [-0.25, -0.2) is 4.39 Å². The van der Waals surface area contributed by atoms with Crippen molar-refractivity contribution in [3.05, 3.63) is 199 Å². The summed E-state index contributed by atoms with van der Waals surface area (Å²) in [6, 6.07) is 61.6. The van der Waals surface area contributed by atoms with Crippen LogP contribution in [0.4, 0.5) is 4.39 Å². The minimum Gasteiger partial charge on any atom is -0.501 e. The van der Waals surface area contributed by atoms with Crippen molar-refractivity contribution in [2.75, 3.05) is 0 Å². The van der Waals surface area contributed by atoms with Crippen molar-refractivity contribution >= 4 is 33.0 Å². The number of para-hydroxylation sites is 2. The van der Waals surface area contributed by atoms with E-state index < -0.39 is 0 Å². The van der Waals surface area contributed by atoms with Crippen LogP contribution < -0.4 is 0 Å². The molecular weight excluding hydrogens is 918 g/mol. The average Bonchev–Trinajstić information content (AvgIpc) is 3.85. The third-order valence-corrected chi connectivity index (χ3v) is 10.8. The van der Waals surface area contributed by atoms with Gasteiger partial charge in [0.05, 0.1) is 22.4 Å². The predicted octanol–water partition coefficient (Wildman–Crippen LogP) is 14.7. The molecule has 0 amide bonds. The summed E-state index contributed by atoms with van der Waals surface area (Å²) < 4.78 is 22.3. The Morgan fingerprint density at radius 1 is 0.600 bits per heavy atom. The van der Waals surface area contributed by atoms with Crippen LogP contribution in [0.5, 0.6) is 0 Å². The summed E-state index contributed by atoms with van der Waals surface area (Å²) >= 11 is 0. The molecule has 60 heavy (non-hydrogen) atoms. The summed E-state index contributed by atoms with van der Waals surface area (Å²) in [5.41, 5.74) is 14.1. The number of hydrogen-bond acceptors (Lipinski definition) is 3. The molecule has 1 radical (unpaired) electrons. The van der Waals surface area contributed by atoms with E-state index in [9.17, 15) is 4.39 Å². The van der Waals surface area contributed by atoms with E-state index in [1.54, 1.807) is 24.4 Å². The zero-order chi connectivity index (χ0) is 40.5. The quantitative estimate of drug-likeness (QED) is 0.150. The van der Waals surface area contributed by atoms with E-state index in [4.69, 9.17) is 9.40 Å². The van der Waals surface area contributed by atoms with Gasteiger partial charge < -0.3 is 14.0 Å². The van der Waals surface area contributed by atoms with Crippen LogP contribution in [-0.2, 0) is 20.1 Å². The van der Waals surface area contributed by atoms with Crippen molar-refractivity contribution < 1.29 is 28.9 Å². The molecule has 3 heterocycles. The molecule has 3 aromatic heterocycles. The van der Waals surface area contributed by atoms with Crippen molar-refractivity contribution in [1.82, 2.24) is 14.5 Å². The largest absolute Gasteiger partial charge is 0.501 e. The van der Waals surface area contributed by atoms with Gasteiger partial charge in [0.2, 0.25) is 0 Å². The zero-order valence-corrected chi connectivity index (χ0v) is 36.2. The van der Waals surface area contributed by atoms with E-state index in [2.05, 4.69) is 165 Å². The van der Waals surface area contributed by atoms with Gasteiger partial charge in [0.1, 0.15) is 11.4 Å². The summed E-state index contributed by atoms with van der Waals surface area (Å²) in [7, 11) is 0. The van der Waals surface area contributed by atoms with E-state index in [1.807, 2.05) is 24.3 Å². The van der Waals surface area contributed by atoms with Gasteiger partial charge in [-0.15, -0.1) is 54.1 Å². The minimum absolute atomic E-state index is 0. The Labute approximate surface area is 363 Å². The first kappa shape index (κ1) is 40.3. The second-order valence-corrected chi connectivity index (χ2v) is 15.3. The monoisotopic (exact) mass is 960 g/mol. The fraction of sp³-hybridized carbons (Fsp3) is 0.111. The zero-order valence-electron chi connectivity index (χ0n) is 33.8. The first-order chi connectivity index (χ1) is 28.9. The topological polar surface area (TPSA) is 43.9 Å². The molecule has 0 fully saturated rings. The normalized spacial score (nSPS) is 11.2. The molecular formula is C54H42FIrN3O-2. The molecule has 297 valence electrons. The van der Waals surface area contributed by atoms with Gasteiger partial charge >= 0.3 is 0 Å². The number of benzene rings is 7. The number of imidazole rings is 1. The Morgan fingerprint density at radius 3 is 1.93 bits per heavy atom. The minimum atomic E-state index is -0.315. The summed E-state index contributed by atoms with van der Waals surface area (Å²) in [5.74, 6) is 1.09. The van der Waals surface area contributed by atoms with Crippen molar-refractivity contribution in [1.29, 1.82) is 0 Å². The van der Waals surface area contributed by atoms with Crippen LogP contribution in [-0.4, -0.2) is 14.5 Å². The number of rotatable bonds is 7. The molecule has 0 N–H and O–H groups in total.